The highest BCUT2D eigenvalue weighted by Crippen LogP contribution is 2.31. The Balaban J connectivity index is 1.68. The van der Waals surface area contributed by atoms with Crippen LogP contribution >= 0.6 is 0 Å². The van der Waals surface area contributed by atoms with Gasteiger partial charge in [-0.1, -0.05) is 36.8 Å². The zero-order valence-corrected chi connectivity index (χ0v) is 12.4. The molecule has 3 heteroatoms. The maximum Gasteiger partial charge on any atom is 0.226 e. The molecule has 1 heterocycles. The molecule has 1 N–H and O–H groups in total. The molecule has 0 bridgehead atoms. The molecule has 1 saturated carbocycles. The van der Waals surface area contributed by atoms with Crippen molar-refractivity contribution in [2.75, 3.05) is 13.1 Å². The second-order valence-electron chi connectivity index (χ2n) is 6.39. The van der Waals surface area contributed by atoms with E-state index in [1.165, 1.54) is 24.0 Å². The van der Waals surface area contributed by atoms with E-state index in [1.54, 1.807) is 0 Å². The Morgan fingerprint density at radius 2 is 1.95 bits per heavy atom. The summed E-state index contributed by atoms with van der Waals surface area (Å²) in [6.07, 6.45) is 2.35. The fourth-order valence-corrected chi connectivity index (χ4v) is 2.79. The average Bonchev–Trinajstić information content (AvgIpc) is 3.19. The van der Waals surface area contributed by atoms with Crippen molar-refractivity contribution in [1.82, 2.24) is 10.2 Å². The molecule has 1 aromatic carbocycles. The zero-order chi connectivity index (χ0) is 14.1. The van der Waals surface area contributed by atoms with Gasteiger partial charge in [-0.2, -0.15) is 0 Å². The summed E-state index contributed by atoms with van der Waals surface area (Å²) in [5, 5.41) is 3.27. The maximum atomic E-state index is 12.7. The van der Waals surface area contributed by atoms with Crippen LogP contribution in [0.4, 0.5) is 0 Å². The zero-order valence-electron chi connectivity index (χ0n) is 12.4. The summed E-state index contributed by atoms with van der Waals surface area (Å²) in [6.45, 7) is 6.96. The van der Waals surface area contributed by atoms with Gasteiger partial charge in [-0.25, -0.2) is 0 Å². The van der Waals surface area contributed by atoms with Crippen LogP contribution in [0.25, 0.3) is 0 Å². The number of hydrogen-bond donors (Lipinski definition) is 1. The van der Waals surface area contributed by atoms with Crippen LogP contribution in [0.2, 0.25) is 0 Å². The summed E-state index contributed by atoms with van der Waals surface area (Å²) in [5.41, 5.74) is 2.52. The van der Waals surface area contributed by atoms with Gasteiger partial charge in [-0.15, -0.1) is 0 Å². The van der Waals surface area contributed by atoms with Gasteiger partial charge in [-0.3, -0.25) is 4.79 Å². The standard InChI is InChI=1S/C17H24N2O/c1-12-3-5-14(6-4-12)11-19(16-7-8-16)17(20)13(2)15-9-18-10-15/h3-6,13,15-16,18H,7-11H2,1-2H3. The summed E-state index contributed by atoms with van der Waals surface area (Å²) in [6, 6.07) is 9.04. The summed E-state index contributed by atoms with van der Waals surface area (Å²) in [7, 11) is 0. The molecule has 1 atom stereocenters. The lowest BCUT2D eigenvalue weighted by molar-refractivity contribution is -0.138. The molecule has 0 radical (unpaired) electrons. The summed E-state index contributed by atoms with van der Waals surface area (Å²) < 4.78 is 0. The molecule has 3 nitrogen and oxygen atoms in total. The van der Waals surface area contributed by atoms with Gasteiger partial charge < -0.3 is 10.2 Å². The monoisotopic (exact) mass is 272 g/mol. The first-order valence-corrected chi connectivity index (χ1v) is 7.72. The van der Waals surface area contributed by atoms with Crippen molar-refractivity contribution in [3.8, 4) is 0 Å². The first kappa shape index (κ1) is 13.6. The second kappa shape index (κ2) is 5.57. The van der Waals surface area contributed by atoms with Gasteiger partial charge in [0.25, 0.3) is 0 Å². The minimum atomic E-state index is 0.155. The maximum absolute atomic E-state index is 12.7. The molecule has 0 spiro atoms. The quantitative estimate of drug-likeness (QED) is 0.892. The molecule has 1 aliphatic carbocycles. The smallest absolute Gasteiger partial charge is 0.226 e. The van der Waals surface area contributed by atoms with Gasteiger partial charge in [0.05, 0.1) is 0 Å². The van der Waals surface area contributed by atoms with Crippen LogP contribution in [-0.2, 0) is 11.3 Å². The van der Waals surface area contributed by atoms with E-state index in [0.29, 0.717) is 17.9 Å². The van der Waals surface area contributed by atoms with E-state index in [2.05, 4.69) is 48.3 Å². The molecule has 20 heavy (non-hydrogen) atoms. The average molecular weight is 272 g/mol. The number of nitrogens with zero attached hydrogens (tertiary/aromatic N) is 1. The number of benzene rings is 1. The molecule has 1 saturated heterocycles. The van der Waals surface area contributed by atoms with Crippen LogP contribution in [0.5, 0.6) is 0 Å². The van der Waals surface area contributed by atoms with E-state index in [-0.39, 0.29) is 5.92 Å². The van der Waals surface area contributed by atoms with Crippen molar-refractivity contribution in [2.24, 2.45) is 11.8 Å². The third-order valence-electron chi connectivity index (χ3n) is 4.65. The SMILES string of the molecule is Cc1ccc(CN(C(=O)C(C)C2CNC2)C2CC2)cc1. The van der Waals surface area contributed by atoms with Gasteiger partial charge in [0.1, 0.15) is 0 Å². The number of aryl methyl sites for hydroxylation is 1. The number of amides is 1. The predicted molar refractivity (Wildman–Crippen MR) is 80.3 cm³/mol. The second-order valence-corrected chi connectivity index (χ2v) is 6.39. The Morgan fingerprint density at radius 3 is 2.45 bits per heavy atom. The Bertz CT molecular complexity index is 474. The molecular formula is C17H24N2O. The first-order valence-electron chi connectivity index (χ1n) is 7.72. The van der Waals surface area contributed by atoms with Gasteiger partial charge in [0.2, 0.25) is 5.91 Å². The van der Waals surface area contributed by atoms with Crippen molar-refractivity contribution in [2.45, 2.75) is 39.3 Å². The molecule has 2 fully saturated rings. The van der Waals surface area contributed by atoms with E-state index in [1.807, 2.05) is 0 Å². The number of carbonyl (C=O) groups is 1. The van der Waals surface area contributed by atoms with E-state index >= 15 is 0 Å². The van der Waals surface area contributed by atoms with Crippen LogP contribution in [0, 0.1) is 18.8 Å². The lowest BCUT2D eigenvalue weighted by Crippen LogP contribution is -2.50. The van der Waals surface area contributed by atoms with Crippen LogP contribution in [0.3, 0.4) is 0 Å². The van der Waals surface area contributed by atoms with E-state index in [0.717, 1.165) is 19.6 Å². The van der Waals surface area contributed by atoms with Gasteiger partial charge in [0.15, 0.2) is 0 Å². The van der Waals surface area contributed by atoms with Crippen molar-refractivity contribution >= 4 is 5.91 Å². The van der Waals surface area contributed by atoms with Gasteiger partial charge in [-0.05, 0) is 44.3 Å². The lowest BCUT2D eigenvalue weighted by atomic mass is 9.87. The number of hydrogen-bond acceptors (Lipinski definition) is 2. The Labute approximate surface area is 121 Å². The number of nitrogens with one attached hydrogen (secondary N) is 1. The normalized spacial score (nSPS) is 20.3. The summed E-state index contributed by atoms with van der Waals surface area (Å²) in [4.78, 5) is 14.8. The van der Waals surface area contributed by atoms with Crippen LogP contribution in [0.1, 0.15) is 30.9 Å². The molecule has 0 aromatic heterocycles. The van der Waals surface area contributed by atoms with Gasteiger partial charge in [0, 0.05) is 18.5 Å². The van der Waals surface area contributed by atoms with Crippen LogP contribution in [-0.4, -0.2) is 29.9 Å². The fraction of sp³-hybridized carbons (Fsp3) is 0.588. The highest BCUT2D eigenvalue weighted by atomic mass is 16.2. The van der Waals surface area contributed by atoms with E-state index in [4.69, 9.17) is 0 Å². The minimum Gasteiger partial charge on any atom is -0.335 e. The Morgan fingerprint density at radius 1 is 1.30 bits per heavy atom. The van der Waals surface area contributed by atoms with Crippen molar-refractivity contribution in [3.63, 3.8) is 0 Å². The predicted octanol–water partition coefficient (Wildman–Crippen LogP) is 2.34. The molecule has 3 rings (SSSR count). The van der Waals surface area contributed by atoms with Gasteiger partial charge >= 0.3 is 0 Å². The van der Waals surface area contributed by atoms with Crippen LogP contribution < -0.4 is 5.32 Å². The largest absolute Gasteiger partial charge is 0.335 e. The van der Waals surface area contributed by atoms with E-state index < -0.39 is 0 Å². The Kier molecular flexibility index (Phi) is 3.79. The highest BCUT2D eigenvalue weighted by Gasteiger charge is 2.38. The Hall–Kier alpha value is -1.35. The van der Waals surface area contributed by atoms with Crippen molar-refractivity contribution < 1.29 is 4.79 Å². The molecule has 108 valence electrons. The van der Waals surface area contributed by atoms with Crippen molar-refractivity contribution in [3.05, 3.63) is 35.4 Å². The van der Waals surface area contributed by atoms with Crippen molar-refractivity contribution in [1.29, 1.82) is 0 Å². The molecule has 1 aliphatic heterocycles. The summed E-state index contributed by atoms with van der Waals surface area (Å²) >= 11 is 0. The molecule has 1 aromatic rings. The minimum absolute atomic E-state index is 0.155. The highest BCUT2D eigenvalue weighted by molar-refractivity contribution is 5.79. The molecule has 1 unspecified atom stereocenters. The summed E-state index contributed by atoms with van der Waals surface area (Å²) in [5.74, 6) is 1.03. The van der Waals surface area contributed by atoms with E-state index in [9.17, 15) is 4.79 Å². The fourth-order valence-electron chi connectivity index (χ4n) is 2.79. The molecule has 1 amide bonds. The van der Waals surface area contributed by atoms with Crippen LogP contribution in [0.15, 0.2) is 24.3 Å². The molecular weight excluding hydrogens is 248 g/mol. The topological polar surface area (TPSA) is 32.3 Å². The third-order valence-corrected chi connectivity index (χ3v) is 4.65. The third kappa shape index (κ3) is 2.88. The first-order chi connectivity index (χ1) is 9.65. The number of rotatable bonds is 5. The molecule has 2 aliphatic rings. The lowest BCUT2D eigenvalue weighted by Gasteiger charge is -2.35. The number of carbonyl (C=O) groups excluding carboxylic acids is 1.